The van der Waals surface area contributed by atoms with Gasteiger partial charge in [-0.3, -0.25) is 9.69 Å². The Labute approximate surface area is 116 Å². The highest BCUT2D eigenvalue weighted by Crippen LogP contribution is 2.35. The molecule has 0 aromatic heterocycles. The Bertz CT molecular complexity index is 313. The Hall–Kier alpha value is -0.610. The van der Waals surface area contributed by atoms with Crippen LogP contribution in [0.3, 0.4) is 0 Å². The van der Waals surface area contributed by atoms with Gasteiger partial charge < -0.3 is 10.0 Å². The van der Waals surface area contributed by atoms with E-state index in [2.05, 4.69) is 23.6 Å². The number of hydrogen-bond acceptors (Lipinski definition) is 3. The molecule has 1 atom stereocenters. The summed E-state index contributed by atoms with van der Waals surface area (Å²) in [6, 6.07) is 0.569. The van der Waals surface area contributed by atoms with Crippen molar-refractivity contribution in [3.8, 4) is 0 Å². The summed E-state index contributed by atoms with van der Waals surface area (Å²) in [6.45, 7) is 8.82. The van der Waals surface area contributed by atoms with E-state index >= 15 is 0 Å². The third-order valence-electron chi connectivity index (χ3n) is 4.94. The molecule has 2 saturated heterocycles. The highest BCUT2D eigenvalue weighted by molar-refractivity contribution is 5.68. The van der Waals surface area contributed by atoms with E-state index in [1.54, 1.807) is 0 Å². The predicted octanol–water partition coefficient (Wildman–Crippen LogP) is 2.19. The summed E-state index contributed by atoms with van der Waals surface area (Å²) in [5.41, 5.74) is -0.0774. The van der Waals surface area contributed by atoms with Crippen molar-refractivity contribution in [1.29, 1.82) is 0 Å². The fourth-order valence-electron chi connectivity index (χ4n) is 3.79. The summed E-state index contributed by atoms with van der Waals surface area (Å²) in [6.07, 6.45) is 5.96. The summed E-state index contributed by atoms with van der Waals surface area (Å²) in [4.78, 5) is 16.3. The summed E-state index contributed by atoms with van der Waals surface area (Å²) in [5.74, 6) is -0.634. The summed E-state index contributed by atoms with van der Waals surface area (Å²) >= 11 is 0. The minimum atomic E-state index is -0.634. The predicted molar refractivity (Wildman–Crippen MR) is 76.4 cm³/mol. The molecule has 110 valence electrons. The first-order valence-electron chi connectivity index (χ1n) is 7.74. The molecule has 0 amide bonds. The third kappa shape index (κ3) is 3.48. The van der Waals surface area contributed by atoms with Gasteiger partial charge in [-0.15, -0.1) is 0 Å². The Morgan fingerprint density at radius 3 is 2.37 bits per heavy atom. The second-order valence-corrected chi connectivity index (χ2v) is 6.47. The number of carbonyl (C=O) groups is 1. The van der Waals surface area contributed by atoms with E-state index in [-0.39, 0.29) is 5.54 Å². The Morgan fingerprint density at radius 2 is 1.79 bits per heavy atom. The topological polar surface area (TPSA) is 43.8 Å². The van der Waals surface area contributed by atoms with Crippen LogP contribution in [-0.4, -0.2) is 58.6 Å². The second kappa shape index (κ2) is 6.23. The van der Waals surface area contributed by atoms with Gasteiger partial charge in [0.2, 0.25) is 0 Å². The van der Waals surface area contributed by atoms with Gasteiger partial charge >= 0.3 is 5.97 Å². The van der Waals surface area contributed by atoms with E-state index in [1.807, 2.05) is 0 Å². The van der Waals surface area contributed by atoms with Crippen molar-refractivity contribution in [1.82, 2.24) is 9.80 Å². The van der Waals surface area contributed by atoms with Gasteiger partial charge in [0.05, 0.1) is 6.42 Å². The molecule has 19 heavy (non-hydrogen) atoms. The van der Waals surface area contributed by atoms with Gasteiger partial charge in [-0.25, -0.2) is 0 Å². The molecule has 2 heterocycles. The van der Waals surface area contributed by atoms with Crippen molar-refractivity contribution >= 4 is 5.97 Å². The Kier molecular flexibility index (Phi) is 4.85. The van der Waals surface area contributed by atoms with Gasteiger partial charge in [-0.05, 0) is 65.6 Å². The number of nitrogens with zero attached hydrogens (tertiary/aromatic N) is 2. The fraction of sp³-hybridized carbons (Fsp3) is 0.933. The van der Waals surface area contributed by atoms with Gasteiger partial charge in [0.15, 0.2) is 0 Å². The van der Waals surface area contributed by atoms with Crippen LogP contribution >= 0.6 is 0 Å². The summed E-state index contributed by atoms with van der Waals surface area (Å²) in [7, 11) is 0. The average Bonchev–Trinajstić information content (AvgIpc) is 2.78. The highest BCUT2D eigenvalue weighted by atomic mass is 16.4. The van der Waals surface area contributed by atoms with Gasteiger partial charge in [0.1, 0.15) is 0 Å². The van der Waals surface area contributed by atoms with Crippen LogP contribution in [-0.2, 0) is 4.79 Å². The lowest BCUT2D eigenvalue weighted by Crippen LogP contribution is -2.49. The molecule has 0 aromatic carbocycles. The van der Waals surface area contributed by atoms with Crippen LogP contribution in [0.1, 0.15) is 52.4 Å². The Morgan fingerprint density at radius 1 is 1.11 bits per heavy atom. The zero-order chi connectivity index (χ0) is 13.9. The lowest BCUT2D eigenvalue weighted by Gasteiger charge is -2.40. The molecular formula is C15H28N2O2. The maximum absolute atomic E-state index is 11.3. The first kappa shape index (κ1) is 14.8. The van der Waals surface area contributed by atoms with E-state index in [4.69, 9.17) is 0 Å². The highest BCUT2D eigenvalue weighted by Gasteiger charge is 2.41. The van der Waals surface area contributed by atoms with Crippen LogP contribution in [0.15, 0.2) is 0 Å². The van der Waals surface area contributed by atoms with Crippen LogP contribution in [0.4, 0.5) is 0 Å². The van der Waals surface area contributed by atoms with Crippen molar-refractivity contribution < 1.29 is 9.90 Å². The molecule has 2 aliphatic heterocycles. The molecule has 0 bridgehead atoms. The van der Waals surface area contributed by atoms with Gasteiger partial charge in [0.25, 0.3) is 0 Å². The van der Waals surface area contributed by atoms with E-state index in [9.17, 15) is 9.90 Å². The van der Waals surface area contributed by atoms with E-state index in [0.29, 0.717) is 12.5 Å². The van der Waals surface area contributed by atoms with Crippen molar-refractivity contribution in [3.63, 3.8) is 0 Å². The van der Waals surface area contributed by atoms with Crippen molar-refractivity contribution in [3.05, 3.63) is 0 Å². The van der Waals surface area contributed by atoms with Gasteiger partial charge in [-0.2, -0.15) is 0 Å². The van der Waals surface area contributed by atoms with Crippen molar-refractivity contribution in [2.75, 3.05) is 26.2 Å². The Balaban J connectivity index is 2.11. The molecule has 0 radical (unpaired) electrons. The largest absolute Gasteiger partial charge is 0.481 e. The van der Waals surface area contributed by atoms with Gasteiger partial charge in [-0.1, -0.05) is 0 Å². The molecule has 1 unspecified atom stereocenters. The lowest BCUT2D eigenvalue weighted by atomic mass is 9.85. The molecule has 1 N–H and O–H groups in total. The van der Waals surface area contributed by atoms with E-state index in [0.717, 1.165) is 45.4 Å². The SMILES string of the molecule is CC(C)N1CCCC(CC(=O)O)(N2CCCC2)CC1. The molecule has 0 spiro atoms. The van der Waals surface area contributed by atoms with Crippen molar-refractivity contribution in [2.24, 2.45) is 0 Å². The number of carboxylic acid groups (broad SMARTS) is 1. The summed E-state index contributed by atoms with van der Waals surface area (Å²) in [5, 5.41) is 9.32. The zero-order valence-electron chi connectivity index (χ0n) is 12.4. The molecule has 0 saturated carbocycles. The monoisotopic (exact) mass is 268 g/mol. The standard InChI is InChI=1S/C15H28N2O2/c1-13(2)16-8-5-6-15(7-11-16,12-14(18)19)17-9-3-4-10-17/h13H,3-12H2,1-2H3,(H,18,19). The van der Waals surface area contributed by atoms with Crippen LogP contribution in [0, 0.1) is 0 Å². The number of aliphatic carboxylic acids is 1. The van der Waals surface area contributed by atoms with Crippen LogP contribution in [0.2, 0.25) is 0 Å². The molecule has 2 fully saturated rings. The maximum atomic E-state index is 11.3. The van der Waals surface area contributed by atoms with Crippen LogP contribution in [0.5, 0.6) is 0 Å². The number of likely N-dealkylation sites (tertiary alicyclic amines) is 2. The van der Waals surface area contributed by atoms with Crippen LogP contribution in [0.25, 0.3) is 0 Å². The number of hydrogen-bond donors (Lipinski definition) is 1. The number of rotatable bonds is 4. The molecule has 0 aromatic rings. The first-order valence-corrected chi connectivity index (χ1v) is 7.74. The fourth-order valence-corrected chi connectivity index (χ4v) is 3.79. The summed E-state index contributed by atoms with van der Waals surface area (Å²) < 4.78 is 0. The third-order valence-corrected chi connectivity index (χ3v) is 4.94. The molecule has 4 nitrogen and oxygen atoms in total. The average molecular weight is 268 g/mol. The molecule has 0 aliphatic carbocycles. The van der Waals surface area contributed by atoms with Crippen molar-refractivity contribution in [2.45, 2.75) is 64.0 Å². The second-order valence-electron chi connectivity index (χ2n) is 6.47. The smallest absolute Gasteiger partial charge is 0.305 e. The van der Waals surface area contributed by atoms with Crippen LogP contribution < -0.4 is 0 Å². The first-order chi connectivity index (χ1) is 9.03. The normalized spacial score (nSPS) is 30.7. The zero-order valence-corrected chi connectivity index (χ0v) is 12.4. The number of carboxylic acids is 1. The van der Waals surface area contributed by atoms with Gasteiger partial charge in [0, 0.05) is 18.1 Å². The molecule has 2 aliphatic rings. The van der Waals surface area contributed by atoms with E-state index in [1.165, 1.54) is 12.8 Å². The lowest BCUT2D eigenvalue weighted by molar-refractivity contribution is -0.140. The minimum absolute atomic E-state index is 0.0774. The minimum Gasteiger partial charge on any atom is -0.481 e. The van der Waals surface area contributed by atoms with E-state index < -0.39 is 5.97 Å². The quantitative estimate of drug-likeness (QED) is 0.849. The molecular weight excluding hydrogens is 240 g/mol. The molecule has 4 heteroatoms. The maximum Gasteiger partial charge on any atom is 0.305 e. The molecule has 2 rings (SSSR count).